The smallest absolute Gasteiger partial charge is 0.249 e. The Morgan fingerprint density at radius 2 is 2.12 bits per heavy atom. The molecule has 84 valence electrons. The Labute approximate surface area is 91.5 Å². The topological polar surface area (TPSA) is 110 Å². The molecule has 1 saturated heterocycles. The van der Waals surface area contributed by atoms with E-state index in [2.05, 4.69) is 20.6 Å². The zero-order valence-corrected chi connectivity index (χ0v) is 8.43. The number of carbonyl (C=O) groups excluding carboxylic acids is 2. The molecule has 2 amide bonds. The van der Waals surface area contributed by atoms with Crippen LogP contribution in [0.3, 0.4) is 0 Å². The number of anilines is 2. The van der Waals surface area contributed by atoms with E-state index in [1.807, 2.05) is 0 Å². The Hall–Kier alpha value is -2.18. The number of hydrogen-bond donors (Lipinski definition) is 3. The van der Waals surface area contributed by atoms with Crippen molar-refractivity contribution in [3.05, 3.63) is 12.4 Å². The third kappa shape index (κ3) is 2.08. The molecular formula is C9H11N5O2. The maximum Gasteiger partial charge on any atom is 0.249 e. The van der Waals surface area contributed by atoms with Gasteiger partial charge < -0.3 is 11.1 Å². The second-order valence-electron chi connectivity index (χ2n) is 3.44. The second-order valence-corrected chi connectivity index (χ2v) is 3.44. The first-order valence-corrected chi connectivity index (χ1v) is 4.83. The standard InChI is InChI=1S/C9H11N5O2/c10-7-8(12-4-3-11-7)13-5-1-2-6(15)14-9(5)16/h3-5H,1-2H2,(H2,10,11)(H,12,13)(H,14,15,16). The van der Waals surface area contributed by atoms with Gasteiger partial charge in [-0.3, -0.25) is 14.9 Å². The lowest BCUT2D eigenvalue weighted by molar-refractivity contribution is -0.133. The van der Waals surface area contributed by atoms with Crippen LogP contribution < -0.4 is 16.4 Å². The normalized spacial score (nSPS) is 20.4. The molecular weight excluding hydrogens is 210 g/mol. The van der Waals surface area contributed by atoms with Gasteiger partial charge in [-0.1, -0.05) is 0 Å². The average molecular weight is 221 g/mol. The minimum Gasteiger partial charge on any atom is -0.381 e. The van der Waals surface area contributed by atoms with Crippen LogP contribution in [-0.2, 0) is 9.59 Å². The molecule has 1 aromatic heterocycles. The fourth-order valence-electron chi connectivity index (χ4n) is 1.46. The largest absolute Gasteiger partial charge is 0.381 e. The van der Waals surface area contributed by atoms with Crippen molar-refractivity contribution in [1.29, 1.82) is 0 Å². The Morgan fingerprint density at radius 3 is 2.81 bits per heavy atom. The average Bonchev–Trinajstić information content (AvgIpc) is 2.25. The predicted octanol–water partition coefficient (Wildman–Crippen LogP) is -0.724. The minimum absolute atomic E-state index is 0.229. The van der Waals surface area contributed by atoms with E-state index >= 15 is 0 Å². The van der Waals surface area contributed by atoms with Gasteiger partial charge in [0.2, 0.25) is 11.8 Å². The van der Waals surface area contributed by atoms with E-state index in [0.29, 0.717) is 18.7 Å². The van der Waals surface area contributed by atoms with Crippen molar-refractivity contribution in [3.63, 3.8) is 0 Å². The lowest BCUT2D eigenvalue weighted by atomic mass is 10.1. The SMILES string of the molecule is Nc1nccnc1NC1CCC(=O)NC1=O. The number of nitrogens with zero attached hydrogens (tertiary/aromatic N) is 2. The lowest BCUT2D eigenvalue weighted by Gasteiger charge is -2.22. The summed E-state index contributed by atoms with van der Waals surface area (Å²) in [6.07, 6.45) is 3.68. The highest BCUT2D eigenvalue weighted by molar-refractivity contribution is 6.01. The summed E-state index contributed by atoms with van der Waals surface area (Å²) in [5.41, 5.74) is 5.58. The van der Waals surface area contributed by atoms with Crippen LogP contribution in [0.15, 0.2) is 12.4 Å². The van der Waals surface area contributed by atoms with Crippen LogP contribution >= 0.6 is 0 Å². The highest BCUT2D eigenvalue weighted by Gasteiger charge is 2.27. The van der Waals surface area contributed by atoms with Gasteiger partial charge in [-0.25, -0.2) is 9.97 Å². The first kappa shape index (κ1) is 10.3. The van der Waals surface area contributed by atoms with Gasteiger partial charge in [0, 0.05) is 18.8 Å². The van der Waals surface area contributed by atoms with Crippen LogP contribution in [0.4, 0.5) is 11.6 Å². The molecule has 1 unspecified atom stereocenters. The molecule has 0 spiro atoms. The van der Waals surface area contributed by atoms with Gasteiger partial charge in [-0.05, 0) is 6.42 Å². The van der Waals surface area contributed by atoms with Crippen LogP contribution in [-0.4, -0.2) is 27.8 Å². The van der Waals surface area contributed by atoms with Gasteiger partial charge in [-0.15, -0.1) is 0 Å². The van der Waals surface area contributed by atoms with E-state index < -0.39 is 6.04 Å². The maximum absolute atomic E-state index is 11.4. The highest BCUT2D eigenvalue weighted by atomic mass is 16.2. The van der Waals surface area contributed by atoms with Gasteiger partial charge in [0.15, 0.2) is 11.6 Å². The summed E-state index contributed by atoms with van der Waals surface area (Å²) in [5, 5.41) is 5.10. The molecule has 1 aromatic rings. The number of aromatic nitrogens is 2. The molecule has 0 bridgehead atoms. The Bertz CT molecular complexity index is 434. The van der Waals surface area contributed by atoms with Gasteiger partial charge in [0.1, 0.15) is 6.04 Å². The lowest BCUT2D eigenvalue weighted by Crippen LogP contribution is -2.47. The fourth-order valence-corrected chi connectivity index (χ4v) is 1.46. The molecule has 16 heavy (non-hydrogen) atoms. The third-order valence-electron chi connectivity index (χ3n) is 2.28. The number of nitrogens with one attached hydrogen (secondary N) is 2. The minimum atomic E-state index is -0.489. The van der Waals surface area contributed by atoms with Crippen LogP contribution in [0, 0.1) is 0 Å². The number of nitrogen functional groups attached to an aromatic ring is 1. The van der Waals surface area contributed by atoms with Crippen molar-refractivity contribution in [2.75, 3.05) is 11.1 Å². The first-order valence-electron chi connectivity index (χ1n) is 4.83. The molecule has 1 atom stereocenters. The molecule has 4 N–H and O–H groups in total. The molecule has 0 saturated carbocycles. The quantitative estimate of drug-likeness (QED) is 0.568. The van der Waals surface area contributed by atoms with Crippen molar-refractivity contribution < 1.29 is 9.59 Å². The summed E-state index contributed by atoms with van der Waals surface area (Å²) in [7, 11) is 0. The molecule has 1 aliphatic heterocycles. The van der Waals surface area contributed by atoms with Crippen LogP contribution in [0.5, 0.6) is 0 Å². The summed E-state index contributed by atoms with van der Waals surface area (Å²) in [5.74, 6) is -0.0272. The van der Waals surface area contributed by atoms with Gasteiger partial charge in [-0.2, -0.15) is 0 Å². The number of piperidine rings is 1. The zero-order valence-electron chi connectivity index (χ0n) is 8.43. The summed E-state index contributed by atoms with van der Waals surface area (Å²) < 4.78 is 0. The molecule has 0 aliphatic carbocycles. The van der Waals surface area contributed by atoms with Crippen LogP contribution in [0.1, 0.15) is 12.8 Å². The Balaban J connectivity index is 2.08. The van der Waals surface area contributed by atoms with Crippen LogP contribution in [0.2, 0.25) is 0 Å². The van der Waals surface area contributed by atoms with E-state index in [9.17, 15) is 9.59 Å². The number of nitrogens with two attached hydrogens (primary N) is 1. The predicted molar refractivity (Wildman–Crippen MR) is 56.2 cm³/mol. The van der Waals surface area contributed by atoms with E-state index in [1.165, 1.54) is 12.4 Å². The first-order chi connectivity index (χ1) is 7.66. The third-order valence-corrected chi connectivity index (χ3v) is 2.28. The fraction of sp³-hybridized carbons (Fsp3) is 0.333. The monoisotopic (exact) mass is 221 g/mol. The summed E-state index contributed by atoms with van der Waals surface area (Å²) in [6, 6.07) is -0.489. The van der Waals surface area contributed by atoms with Crippen LogP contribution in [0.25, 0.3) is 0 Å². The zero-order chi connectivity index (χ0) is 11.5. The van der Waals surface area contributed by atoms with Crippen molar-refractivity contribution in [1.82, 2.24) is 15.3 Å². The highest BCUT2D eigenvalue weighted by Crippen LogP contribution is 2.15. The Kier molecular flexibility index (Phi) is 2.67. The van der Waals surface area contributed by atoms with Gasteiger partial charge in [0.05, 0.1) is 0 Å². The number of amides is 2. The van der Waals surface area contributed by atoms with E-state index in [-0.39, 0.29) is 17.6 Å². The summed E-state index contributed by atoms with van der Waals surface area (Å²) in [6.45, 7) is 0. The molecule has 2 heterocycles. The van der Waals surface area contributed by atoms with Crippen molar-refractivity contribution in [2.45, 2.75) is 18.9 Å². The molecule has 2 rings (SSSR count). The van der Waals surface area contributed by atoms with Crippen molar-refractivity contribution in [3.8, 4) is 0 Å². The Morgan fingerprint density at radius 1 is 1.38 bits per heavy atom. The van der Waals surface area contributed by atoms with E-state index in [4.69, 9.17) is 5.73 Å². The number of carbonyl (C=O) groups is 2. The summed E-state index contributed by atoms with van der Waals surface area (Å²) in [4.78, 5) is 30.2. The number of imide groups is 1. The van der Waals surface area contributed by atoms with E-state index in [1.54, 1.807) is 0 Å². The van der Waals surface area contributed by atoms with Crippen molar-refractivity contribution >= 4 is 23.5 Å². The molecule has 0 aromatic carbocycles. The molecule has 1 fully saturated rings. The summed E-state index contributed by atoms with van der Waals surface area (Å²) >= 11 is 0. The number of hydrogen-bond acceptors (Lipinski definition) is 6. The second kappa shape index (κ2) is 4.13. The number of rotatable bonds is 2. The maximum atomic E-state index is 11.4. The van der Waals surface area contributed by atoms with Gasteiger partial charge in [0.25, 0.3) is 0 Å². The molecule has 7 nitrogen and oxygen atoms in total. The van der Waals surface area contributed by atoms with Crippen molar-refractivity contribution in [2.24, 2.45) is 0 Å². The molecule has 7 heteroatoms. The van der Waals surface area contributed by atoms with E-state index in [0.717, 1.165) is 0 Å². The molecule has 1 aliphatic rings. The molecule has 0 radical (unpaired) electrons. The van der Waals surface area contributed by atoms with Gasteiger partial charge >= 0.3 is 0 Å².